The van der Waals surface area contributed by atoms with Gasteiger partial charge >= 0.3 is 0 Å². The molecule has 0 saturated heterocycles. The van der Waals surface area contributed by atoms with Gasteiger partial charge in [0.25, 0.3) is 15.9 Å². The van der Waals surface area contributed by atoms with E-state index in [-0.39, 0.29) is 22.2 Å². The summed E-state index contributed by atoms with van der Waals surface area (Å²) >= 11 is 11.9. The van der Waals surface area contributed by atoms with E-state index in [2.05, 4.69) is 10.0 Å². The van der Waals surface area contributed by atoms with Crippen molar-refractivity contribution in [3.05, 3.63) is 82.8 Å². The van der Waals surface area contributed by atoms with Crippen LogP contribution in [-0.4, -0.2) is 20.9 Å². The molecule has 1 amide bonds. The zero-order valence-corrected chi connectivity index (χ0v) is 17.3. The molecule has 0 bridgehead atoms. The monoisotopic (exact) mass is 450 g/mol. The summed E-state index contributed by atoms with van der Waals surface area (Å²) in [5.41, 5.74) is 0.574. The van der Waals surface area contributed by atoms with Crippen LogP contribution in [0.25, 0.3) is 0 Å². The van der Waals surface area contributed by atoms with Crippen LogP contribution >= 0.6 is 23.2 Å². The predicted octanol–water partition coefficient (Wildman–Crippen LogP) is 4.81. The van der Waals surface area contributed by atoms with Crippen molar-refractivity contribution in [3.8, 4) is 5.75 Å². The van der Waals surface area contributed by atoms with Crippen molar-refractivity contribution in [2.75, 3.05) is 16.6 Å². The molecular formula is C20H16Cl2N2O4S. The molecule has 0 fully saturated rings. The first-order valence-corrected chi connectivity index (χ1v) is 10.6. The number of nitrogens with one attached hydrogen (secondary N) is 2. The van der Waals surface area contributed by atoms with Gasteiger partial charge in [0.1, 0.15) is 5.75 Å². The summed E-state index contributed by atoms with van der Waals surface area (Å²) in [6, 6.07) is 19.0. The molecule has 0 aliphatic heterocycles. The fourth-order valence-electron chi connectivity index (χ4n) is 2.39. The Morgan fingerprint density at radius 2 is 1.69 bits per heavy atom. The van der Waals surface area contributed by atoms with Gasteiger partial charge < -0.3 is 10.1 Å². The van der Waals surface area contributed by atoms with Crippen LogP contribution in [0, 0.1) is 0 Å². The molecular weight excluding hydrogens is 435 g/mol. The minimum Gasteiger partial charge on any atom is -0.484 e. The van der Waals surface area contributed by atoms with Crippen molar-refractivity contribution in [2.45, 2.75) is 4.90 Å². The molecule has 0 aliphatic rings. The maximum atomic E-state index is 12.6. The first-order chi connectivity index (χ1) is 13.8. The van der Waals surface area contributed by atoms with Crippen molar-refractivity contribution in [3.63, 3.8) is 0 Å². The third-order valence-corrected chi connectivity index (χ3v) is 5.64. The van der Waals surface area contributed by atoms with Gasteiger partial charge in [-0.15, -0.1) is 0 Å². The maximum Gasteiger partial charge on any atom is 0.262 e. The molecule has 0 saturated carbocycles. The minimum atomic E-state index is -3.89. The number of sulfonamides is 1. The van der Waals surface area contributed by atoms with Gasteiger partial charge in [-0.1, -0.05) is 47.5 Å². The summed E-state index contributed by atoms with van der Waals surface area (Å²) in [6.07, 6.45) is 0. The van der Waals surface area contributed by atoms with Crippen LogP contribution in [0.3, 0.4) is 0 Å². The zero-order valence-electron chi connectivity index (χ0n) is 14.9. The summed E-state index contributed by atoms with van der Waals surface area (Å²) in [6.45, 7) is -0.255. The molecule has 3 rings (SSSR count). The summed E-state index contributed by atoms with van der Waals surface area (Å²) < 4.78 is 33.0. The van der Waals surface area contributed by atoms with E-state index in [4.69, 9.17) is 27.9 Å². The first kappa shape index (κ1) is 21.0. The number of hydrogen-bond donors (Lipinski definition) is 2. The summed E-state index contributed by atoms with van der Waals surface area (Å²) in [7, 11) is -3.89. The quantitative estimate of drug-likeness (QED) is 0.540. The van der Waals surface area contributed by atoms with Gasteiger partial charge in [-0.3, -0.25) is 9.52 Å². The van der Waals surface area contributed by atoms with Gasteiger partial charge in [0, 0.05) is 10.7 Å². The highest BCUT2D eigenvalue weighted by Gasteiger charge is 2.16. The topological polar surface area (TPSA) is 84.5 Å². The van der Waals surface area contributed by atoms with Crippen molar-refractivity contribution < 1.29 is 17.9 Å². The highest BCUT2D eigenvalue weighted by atomic mass is 35.5. The molecule has 0 aromatic heterocycles. The Bertz CT molecular complexity index is 1140. The molecule has 150 valence electrons. The number of anilines is 2. The molecule has 0 atom stereocenters. The number of carbonyl (C=O) groups excluding carboxylic acids is 1. The van der Waals surface area contributed by atoms with E-state index in [0.717, 1.165) is 0 Å². The van der Waals surface area contributed by atoms with E-state index in [0.29, 0.717) is 16.5 Å². The van der Waals surface area contributed by atoms with Gasteiger partial charge in [0.2, 0.25) is 0 Å². The predicted molar refractivity (Wildman–Crippen MR) is 114 cm³/mol. The second-order valence-electron chi connectivity index (χ2n) is 5.91. The lowest BCUT2D eigenvalue weighted by Gasteiger charge is -2.11. The maximum absolute atomic E-state index is 12.6. The standard InChI is InChI=1S/C20H16Cl2N2O4S/c21-14-5-3-7-16(11-14)28-13-20(25)23-15-6-4-8-17(12-15)29(26,27)24-19-10-2-1-9-18(19)22/h1-12,24H,13H2,(H,23,25). The SMILES string of the molecule is O=C(COc1cccc(Cl)c1)Nc1cccc(S(=O)(=O)Nc2ccccc2Cl)c1. The smallest absolute Gasteiger partial charge is 0.262 e. The lowest BCUT2D eigenvalue weighted by atomic mass is 10.3. The highest BCUT2D eigenvalue weighted by molar-refractivity contribution is 7.92. The molecule has 2 N–H and O–H groups in total. The van der Waals surface area contributed by atoms with Gasteiger partial charge in [-0.2, -0.15) is 0 Å². The van der Waals surface area contributed by atoms with Crippen LogP contribution < -0.4 is 14.8 Å². The van der Waals surface area contributed by atoms with Crippen LogP contribution in [0.4, 0.5) is 11.4 Å². The van der Waals surface area contributed by atoms with Crippen LogP contribution in [-0.2, 0) is 14.8 Å². The lowest BCUT2D eigenvalue weighted by Crippen LogP contribution is -2.20. The van der Waals surface area contributed by atoms with E-state index in [1.165, 1.54) is 18.2 Å². The average Bonchev–Trinajstić information content (AvgIpc) is 2.68. The number of halogens is 2. The summed E-state index contributed by atoms with van der Waals surface area (Å²) in [5.74, 6) is 0.00602. The number of rotatable bonds is 7. The molecule has 0 heterocycles. The molecule has 0 unspecified atom stereocenters. The number of para-hydroxylation sites is 1. The molecule has 3 aromatic carbocycles. The highest BCUT2D eigenvalue weighted by Crippen LogP contribution is 2.25. The largest absolute Gasteiger partial charge is 0.484 e. The van der Waals surface area contributed by atoms with Gasteiger partial charge in [0.15, 0.2) is 6.61 Å². The molecule has 29 heavy (non-hydrogen) atoms. The molecule has 0 radical (unpaired) electrons. The number of benzene rings is 3. The van der Waals surface area contributed by atoms with E-state index in [1.54, 1.807) is 54.6 Å². The minimum absolute atomic E-state index is 0.0222. The number of ether oxygens (including phenoxy) is 1. The van der Waals surface area contributed by atoms with Crippen molar-refractivity contribution in [1.29, 1.82) is 0 Å². The molecule has 6 nitrogen and oxygen atoms in total. The number of hydrogen-bond acceptors (Lipinski definition) is 4. The van der Waals surface area contributed by atoms with Crippen molar-refractivity contribution in [2.24, 2.45) is 0 Å². The third kappa shape index (κ3) is 5.87. The van der Waals surface area contributed by atoms with E-state index in [1.807, 2.05) is 0 Å². The fourth-order valence-corrected chi connectivity index (χ4v) is 3.94. The molecule has 9 heteroatoms. The van der Waals surface area contributed by atoms with Crippen LogP contribution in [0.5, 0.6) is 5.75 Å². The Balaban J connectivity index is 1.67. The van der Waals surface area contributed by atoms with Gasteiger partial charge in [-0.25, -0.2) is 8.42 Å². The van der Waals surface area contributed by atoms with Gasteiger partial charge in [-0.05, 0) is 48.5 Å². The average molecular weight is 451 g/mol. The Morgan fingerprint density at radius 1 is 0.931 bits per heavy atom. The van der Waals surface area contributed by atoms with Crippen LogP contribution in [0.1, 0.15) is 0 Å². The third-order valence-electron chi connectivity index (χ3n) is 3.71. The second-order valence-corrected chi connectivity index (χ2v) is 8.43. The molecule has 0 spiro atoms. The van der Waals surface area contributed by atoms with E-state index in [9.17, 15) is 13.2 Å². The Labute approximate surface area is 178 Å². The lowest BCUT2D eigenvalue weighted by molar-refractivity contribution is -0.118. The molecule has 0 aliphatic carbocycles. The molecule has 3 aromatic rings. The van der Waals surface area contributed by atoms with Crippen molar-refractivity contribution in [1.82, 2.24) is 0 Å². The fraction of sp³-hybridized carbons (Fsp3) is 0.0500. The van der Waals surface area contributed by atoms with E-state index < -0.39 is 15.9 Å². The van der Waals surface area contributed by atoms with E-state index >= 15 is 0 Å². The Morgan fingerprint density at radius 3 is 2.45 bits per heavy atom. The Kier molecular flexibility index (Phi) is 6.64. The van der Waals surface area contributed by atoms with Gasteiger partial charge in [0.05, 0.1) is 15.6 Å². The second kappa shape index (κ2) is 9.17. The summed E-state index contributed by atoms with van der Waals surface area (Å²) in [5, 5.41) is 3.37. The number of carbonyl (C=O) groups is 1. The normalized spacial score (nSPS) is 11.0. The zero-order chi connectivity index (χ0) is 20.9. The van der Waals surface area contributed by atoms with Crippen LogP contribution in [0.15, 0.2) is 77.7 Å². The van der Waals surface area contributed by atoms with Crippen molar-refractivity contribution >= 4 is 50.5 Å². The Hall–Kier alpha value is -2.74. The summed E-state index contributed by atoms with van der Waals surface area (Å²) in [4.78, 5) is 12.1. The first-order valence-electron chi connectivity index (χ1n) is 8.39. The number of amides is 1. The van der Waals surface area contributed by atoms with Crippen LogP contribution in [0.2, 0.25) is 10.0 Å².